The molecule has 2 saturated carbocycles. The van der Waals surface area contributed by atoms with Gasteiger partial charge >= 0.3 is 0 Å². The molecule has 2 aliphatic carbocycles. The zero-order chi connectivity index (χ0) is 15.0. The fourth-order valence-corrected chi connectivity index (χ4v) is 4.61. The van der Waals surface area contributed by atoms with E-state index in [1.807, 2.05) is 11.8 Å². The molecule has 3 unspecified atom stereocenters. The lowest BCUT2D eigenvalue weighted by Crippen LogP contribution is -2.72. The van der Waals surface area contributed by atoms with Crippen LogP contribution >= 0.6 is 0 Å². The van der Waals surface area contributed by atoms with E-state index in [9.17, 15) is 9.59 Å². The Bertz CT molecular complexity index is 429. The number of nitrogens with zero attached hydrogens (tertiary/aromatic N) is 1. The summed E-state index contributed by atoms with van der Waals surface area (Å²) in [5.41, 5.74) is -0.577. The monoisotopic (exact) mass is 292 g/mol. The lowest BCUT2D eigenvalue weighted by Gasteiger charge is -2.49. The molecule has 118 valence electrons. The first-order chi connectivity index (χ1) is 10.1. The third-order valence-corrected chi connectivity index (χ3v) is 5.80. The Balaban J connectivity index is 1.89. The molecule has 1 heterocycles. The normalized spacial score (nSPS) is 36.1. The van der Waals surface area contributed by atoms with Crippen LogP contribution < -0.4 is 5.32 Å². The Labute approximate surface area is 127 Å². The zero-order valence-electron chi connectivity index (χ0n) is 13.4. The molecule has 3 fully saturated rings. The summed E-state index contributed by atoms with van der Waals surface area (Å²) >= 11 is 0. The first-order valence-electron chi connectivity index (χ1n) is 8.72. The van der Waals surface area contributed by atoms with Crippen molar-refractivity contribution in [1.82, 2.24) is 10.2 Å². The van der Waals surface area contributed by atoms with Crippen LogP contribution in [0.1, 0.15) is 71.6 Å². The van der Waals surface area contributed by atoms with Crippen molar-refractivity contribution in [2.75, 3.05) is 0 Å². The van der Waals surface area contributed by atoms with Crippen molar-refractivity contribution in [2.24, 2.45) is 5.92 Å². The number of piperazine rings is 1. The Morgan fingerprint density at radius 2 is 1.90 bits per heavy atom. The highest BCUT2D eigenvalue weighted by molar-refractivity contribution is 6.00. The standard InChI is InChI=1S/C17H28N2O2/c1-3-14-15(20)18-17(9-5-4-6-10-17)16(21)19(14)13-8-7-12(2)11-13/h12-14H,3-11H2,1-2H3,(H,18,20). The lowest BCUT2D eigenvalue weighted by atomic mass is 9.77. The second-order valence-corrected chi connectivity index (χ2v) is 7.34. The molecule has 1 N–H and O–H groups in total. The van der Waals surface area contributed by atoms with Gasteiger partial charge in [-0.25, -0.2) is 0 Å². The average Bonchev–Trinajstić information content (AvgIpc) is 2.90. The van der Waals surface area contributed by atoms with Gasteiger partial charge in [0.2, 0.25) is 11.8 Å². The smallest absolute Gasteiger partial charge is 0.249 e. The van der Waals surface area contributed by atoms with Crippen LogP contribution in [-0.2, 0) is 9.59 Å². The molecule has 21 heavy (non-hydrogen) atoms. The van der Waals surface area contributed by atoms with Gasteiger partial charge in [-0.05, 0) is 44.4 Å². The van der Waals surface area contributed by atoms with Gasteiger partial charge in [-0.1, -0.05) is 33.1 Å². The van der Waals surface area contributed by atoms with Crippen molar-refractivity contribution in [3.63, 3.8) is 0 Å². The van der Waals surface area contributed by atoms with Crippen LogP contribution in [0.2, 0.25) is 0 Å². The van der Waals surface area contributed by atoms with E-state index in [2.05, 4.69) is 12.2 Å². The molecule has 0 aromatic rings. The third-order valence-electron chi connectivity index (χ3n) is 5.80. The molecule has 3 rings (SSSR count). The zero-order valence-corrected chi connectivity index (χ0v) is 13.4. The molecule has 3 atom stereocenters. The van der Waals surface area contributed by atoms with Crippen molar-refractivity contribution in [2.45, 2.75) is 89.3 Å². The highest BCUT2D eigenvalue weighted by atomic mass is 16.2. The fourth-order valence-electron chi connectivity index (χ4n) is 4.61. The Hall–Kier alpha value is -1.06. The average molecular weight is 292 g/mol. The summed E-state index contributed by atoms with van der Waals surface area (Å²) in [7, 11) is 0. The van der Waals surface area contributed by atoms with Crippen molar-refractivity contribution >= 4 is 11.8 Å². The molecule has 0 radical (unpaired) electrons. The molecule has 0 aromatic heterocycles. The molecule has 0 aromatic carbocycles. The lowest BCUT2D eigenvalue weighted by molar-refractivity contribution is -0.159. The van der Waals surface area contributed by atoms with Crippen LogP contribution in [0.25, 0.3) is 0 Å². The van der Waals surface area contributed by atoms with Crippen LogP contribution in [-0.4, -0.2) is 34.3 Å². The van der Waals surface area contributed by atoms with E-state index in [1.54, 1.807) is 0 Å². The largest absolute Gasteiger partial charge is 0.340 e. The fraction of sp³-hybridized carbons (Fsp3) is 0.882. The number of hydrogen-bond acceptors (Lipinski definition) is 2. The SMILES string of the molecule is CCC1C(=O)NC2(CCCCC2)C(=O)N1C1CCC(C)C1. The number of amides is 2. The Morgan fingerprint density at radius 3 is 2.48 bits per heavy atom. The van der Waals surface area contributed by atoms with Crippen molar-refractivity contribution in [3.05, 3.63) is 0 Å². The van der Waals surface area contributed by atoms with E-state index >= 15 is 0 Å². The van der Waals surface area contributed by atoms with Crippen molar-refractivity contribution < 1.29 is 9.59 Å². The predicted molar refractivity (Wildman–Crippen MR) is 81.7 cm³/mol. The van der Waals surface area contributed by atoms with Gasteiger partial charge in [-0.2, -0.15) is 0 Å². The molecular weight excluding hydrogens is 264 g/mol. The molecule has 1 aliphatic heterocycles. The van der Waals surface area contributed by atoms with E-state index < -0.39 is 5.54 Å². The third kappa shape index (κ3) is 2.47. The van der Waals surface area contributed by atoms with E-state index in [-0.39, 0.29) is 23.9 Å². The molecule has 0 bridgehead atoms. The maximum atomic E-state index is 13.2. The number of rotatable bonds is 2. The van der Waals surface area contributed by atoms with Gasteiger partial charge < -0.3 is 10.2 Å². The van der Waals surface area contributed by atoms with Crippen LogP contribution in [0, 0.1) is 5.92 Å². The summed E-state index contributed by atoms with van der Waals surface area (Å²) in [6, 6.07) is 0.0302. The summed E-state index contributed by atoms with van der Waals surface area (Å²) in [5, 5.41) is 3.12. The summed E-state index contributed by atoms with van der Waals surface area (Å²) in [5.74, 6) is 0.971. The van der Waals surface area contributed by atoms with Crippen LogP contribution in [0.3, 0.4) is 0 Å². The first kappa shape index (κ1) is 14.9. The van der Waals surface area contributed by atoms with E-state index in [0.717, 1.165) is 44.9 Å². The second-order valence-electron chi connectivity index (χ2n) is 7.34. The van der Waals surface area contributed by atoms with E-state index in [4.69, 9.17) is 0 Å². The first-order valence-corrected chi connectivity index (χ1v) is 8.72. The molecule has 3 aliphatic rings. The van der Waals surface area contributed by atoms with Gasteiger partial charge in [0.05, 0.1) is 0 Å². The number of carbonyl (C=O) groups is 2. The molecule has 2 amide bonds. The maximum absolute atomic E-state index is 13.2. The Morgan fingerprint density at radius 1 is 1.19 bits per heavy atom. The minimum absolute atomic E-state index is 0.0820. The molecule has 4 nitrogen and oxygen atoms in total. The van der Waals surface area contributed by atoms with E-state index in [0.29, 0.717) is 5.92 Å². The minimum atomic E-state index is -0.577. The number of nitrogens with one attached hydrogen (secondary N) is 1. The molecule has 1 spiro atoms. The quantitative estimate of drug-likeness (QED) is 0.850. The number of carbonyl (C=O) groups excluding carboxylic acids is 2. The van der Waals surface area contributed by atoms with Crippen LogP contribution in [0.5, 0.6) is 0 Å². The highest BCUT2D eigenvalue weighted by Crippen LogP contribution is 2.38. The van der Waals surface area contributed by atoms with Gasteiger partial charge in [-0.15, -0.1) is 0 Å². The van der Waals surface area contributed by atoms with Crippen LogP contribution in [0.4, 0.5) is 0 Å². The molecule has 1 saturated heterocycles. The van der Waals surface area contributed by atoms with Gasteiger partial charge in [0.15, 0.2) is 0 Å². The van der Waals surface area contributed by atoms with Crippen molar-refractivity contribution in [1.29, 1.82) is 0 Å². The van der Waals surface area contributed by atoms with Crippen molar-refractivity contribution in [3.8, 4) is 0 Å². The summed E-state index contributed by atoms with van der Waals surface area (Å²) in [6.07, 6.45) is 8.97. The summed E-state index contributed by atoms with van der Waals surface area (Å²) in [6.45, 7) is 4.27. The maximum Gasteiger partial charge on any atom is 0.249 e. The minimum Gasteiger partial charge on any atom is -0.340 e. The van der Waals surface area contributed by atoms with Gasteiger partial charge in [0, 0.05) is 6.04 Å². The summed E-state index contributed by atoms with van der Waals surface area (Å²) in [4.78, 5) is 27.8. The molecular formula is C17H28N2O2. The van der Waals surface area contributed by atoms with Gasteiger partial charge in [0.25, 0.3) is 0 Å². The molecule has 4 heteroatoms. The summed E-state index contributed by atoms with van der Waals surface area (Å²) < 4.78 is 0. The second kappa shape index (κ2) is 5.62. The van der Waals surface area contributed by atoms with E-state index in [1.165, 1.54) is 12.8 Å². The highest BCUT2D eigenvalue weighted by Gasteiger charge is 2.52. The number of hydrogen-bond donors (Lipinski definition) is 1. The van der Waals surface area contributed by atoms with Gasteiger partial charge in [0.1, 0.15) is 11.6 Å². The van der Waals surface area contributed by atoms with Gasteiger partial charge in [-0.3, -0.25) is 9.59 Å². The topological polar surface area (TPSA) is 49.4 Å². The van der Waals surface area contributed by atoms with Crippen LogP contribution in [0.15, 0.2) is 0 Å². The Kier molecular flexibility index (Phi) is 3.98. The predicted octanol–water partition coefficient (Wildman–Crippen LogP) is 2.61.